The summed E-state index contributed by atoms with van der Waals surface area (Å²) in [5, 5.41) is 3.35. The van der Waals surface area contributed by atoms with Gasteiger partial charge in [-0.3, -0.25) is 0 Å². The first kappa shape index (κ1) is 16.1. The number of sulfonamides is 1. The fourth-order valence-corrected chi connectivity index (χ4v) is 2.69. The molecule has 0 amide bonds. The zero-order valence-electron chi connectivity index (χ0n) is 12.2. The average molecular weight is 284 g/mol. The van der Waals surface area contributed by atoms with Crippen molar-refractivity contribution < 1.29 is 8.42 Å². The highest BCUT2D eigenvalue weighted by molar-refractivity contribution is 7.88. The Morgan fingerprint density at radius 2 is 1.63 bits per heavy atom. The van der Waals surface area contributed by atoms with Crippen LogP contribution < -0.4 is 10.0 Å². The summed E-state index contributed by atoms with van der Waals surface area (Å²) in [7, 11) is -3.06. The first-order valence-corrected chi connectivity index (χ1v) is 8.41. The van der Waals surface area contributed by atoms with Crippen LogP contribution in [-0.4, -0.2) is 27.8 Å². The Kier molecular flexibility index (Phi) is 5.97. The van der Waals surface area contributed by atoms with Crippen LogP contribution in [0.15, 0.2) is 12.1 Å². The quantitative estimate of drug-likeness (QED) is 0.748. The van der Waals surface area contributed by atoms with Crippen LogP contribution in [0, 0.1) is 20.8 Å². The van der Waals surface area contributed by atoms with Gasteiger partial charge in [-0.25, -0.2) is 13.1 Å². The summed E-state index contributed by atoms with van der Waals surface area (Å²) in [6.07, 6.45) is 1.97. The van der Waals surface area contributed by atoms with E-state index in [0.29, 0.717) is 6.54 Å². The second kappa shape index (κ2) is 7.03. The van der Waals surface area contributed by atoms with Crippen molar-refractivity contribution in [3.8, 4) is 0 Å². The largest absolute Gasteiger partial charge is 0.313 e. The molecule has 0 fully saturated rings. The summed E-state index contributed by atoms with van der Waals surface area (Å²) in [5.41, 5.74) is 5.23. The minimum Gasteiger partial charge on any atom is -0.313 e. The Labute approximate surface area is 116 Å². The van der Waals surface area contributed by atoms with Crippen LogP contribution in [0.3, 0.4) is 0 Å². The molecule has 2 N–H and O–H groups in total. The SMILES string of the molecule is Cc1cc(C)c(CNCCCNS(C)(=O)=O)c(C)c1. The van der Waals surface area contributed by atoms with Crippen molar-refractivity contribution in [2.75, 3.05) is 19.3 Å². The molecule has 0 radical (unpaired) electrons. The maximum atomic E-state index is 10.9. The molecule has 108 valence electrons. The maximum Gasteiger partial charge on any atom is 0.208 e. The minimum atomic E-state index is -3.06. The molecule has 4 nitrogen and oxygen atoms in total. The van der Waals surface area contributed by atoms with Gasteiger partial charge in [0.2, 0.25) is 10.0 Å². The Morgan fingerprint density at radius 3 is 2.16 bits per heavy atom. The van der Waals surface area contributed by atoms with E-state index in [1.165, 1.54) is 28.5 Å². The van der Waals surface area contributed by atoms with Gasteiger partial charge in [0, 0.05) is 13.1 Å². The monoisotopic (exact) mass is 284 g/mol. The van der Waals surface area contributed by atoms with Gasteiger partial charge < -0.3 is 5.32 Å². The standard InChI is InChI=1S/C14H24N2O2S/c1-11-8-12(2)14(13(3)9-11)10-15-6-5-7-16-19(4,17)18/h8-9,15-16H,5-7,10H2,1-4H3. The first-order valence-electron chi connectivity index (χ1n) is 6.51. The van der Waals surface area contributed by atoms with E-state index in [1.54, 1.807) is 0 Å². The van der Waals surface area contributed by atoms with Gasteiger partial charge in [0.05, 0.1) is 6.26 Å². The molecule has 1 rings (SSSR count). The van der Waals surface area contributed by atoms with Crippen LogP contribution in [0.25, 0.3) is 0 Å². The number of benzene rings is 1. The minimum absolute atomic E-state index is 0.484. The van der Waals surface area contributed by atoms with Crippen molar-refractivity contribution in [3.05, 3.63) is 34.4 Å². The van der Waals surface area contributed by atoms with Crippen molar-refractivity contribution in [3.63, 3.8) is 0 Å². The highest BCUT2D eigenvalue weighted by Crippen LogP contribution is 2.15. The van der Waals surface area contributed by atoms with Crippen LogP contribution in [0.4, 0.5) is 0 Å². The number of nitrogens with one attached hydrogen (secondary N) is 2. The van der Waals surface area contributed by atoms with Crippen LogP contribution in [-0.2, 0) is 16.6 Å². The molecule has 0 aliphatic carbocycles. The van der Waals surface area contributed by atoms with Gasteiger partial charge in [0.15, 0.2) is 0 Å². The normalized spacial score (nSPS) is 11.8. The average Bonchev–Trinajstić information content (AvgIpc) is 2.24. The van der Waals surface area contributed by atoms with Crippen molar-refractivity contribution in [2.45, 2.75) is 33.7 Å². The summed E-state index contributed by atoms with van der Waals surface area (Å²) in [4.78, 5) is 0. The lowest BCUT2D eigenvalue weighted by Crippen LogP contribution is -2.26. The van der Waals surface area contributed by atoms with Gasteiger partial charge in [0.1, 0.15) is 0 Å². The Balaban J connectivity index is 2.34. The van der Waals surface area contributed by atoms with E-state index < -0.39 is 10.0 Å². The van der Waals surface area contributed by atoms with E-state index in [0.717, 1.165) is 19.5 Å². The molecule has 1 aromatic rings. The van der Waals surface area contributed by atoms with E-state index in [1.807, 2.05) is 0 Å². The third-order valence-corrected chi connectivity index (χ3v) is 3.77. The van der Waals surface area contributed by atoms with E-state index in [-0.39, 0.29) is 0 Å². The molecule has 5 heteroatoms. The molecule has 0 aliphatic rings. The second-order valence-electron chi connectivity index (χ2n) is 5.07. The van der Waals surface area contributed by atoms with Crippen LogP contribution in [0.2, 0.25) is 0 Å². The van der Waals surface area contributed by atoms with Crippen molar-refractivity contribution >= 4 is 10.0 Å². The number of rotatable bonds is 7. The van der Waals surface area contributed by atoms with Crippen molar-refractivity contribution in [1.82, 2.24) is 10.0 Å². The molecule has 0 aliphatic heterocycles. The lowest BCUT2D eigenvalue weighted by Gasteiger charge is -2.12. The number of hydrogen-bond donors (Lipinski definition) is 2. The molecule has 0 unspecified atom stereocenters. The predicted molar refractivity (Wildman–Crippen MR) is 79.8 cm³/mol. The maximum absolute atomic E-state index is 10.9. The highest BCUT2D eigenvalue weighted by atomic mass is 32.2. The first-order chi connectivity index (χ1) is 8.79. The van der Waals surface area contributed by atoms with E-state index in [9.17, 15) is 8.42 Å². The summed E-state index contributed by atoms with van der Waals surface area (Å²) < 4.78 is 24.2. The zero-order valence-corrected chi connectivity index (χ0v) is 13.0. The smallest absolute Gasteiger partial charge is 0.208 e. The molecule has 0 heterocycles. The molecule has 0 atom stereocenters. The van der Waals surface area contributed by atoms with E-state index in [4.69, 9.17) is 0 Å². The third-order valence-electron chi connectivity index (χ3n) is 3.04. The fraction of sp³-hybridized carbons (Fsp3) is 0.571. The number of aryl methyl sites for hydroxylation is 3. The zero-order chi connectivity index (χ0) is 14.5. The molecular formula is C14H24N2O2S. The molecule has 19 heavy (non-hydrogen) atoms. The molecule has 0 spiro atoms. The third kappa shape index (κ3) is 6.18. The predicted octanol–water partition coefficient (Wildman–Crippen LogP) is 1.64. The second-order valence-corrected chi connectivity index (χ2v) is 6.91. The summed E-state index contributed by atoms with van der Waals surface area (Å²) in [6.45, 7) is 8.47. The molecule has 0 saturated heterocycles. The molecule has 0 saturated carbocycles. The van der Waals surface area contributed by atoms with Crippen molar-refractivity contribution in [2.24, 2.45) is 0 Å². The van der Waals surface area contributed by atoms with E-state index >= 15 is 0 Å². The lowest BCUT2D eigenvalue weighted by molar-refractivity contribution is 0.579. The Hall–Kier alpha value is -0.910. The van der Waals surface area contributed by atoms with Gasteiger partial charge in [-0.15, -0.1) is 0 Å². The fourth-order valence-electron chi connectivity index (χ4n) is 2.17. The molecular weight excluding hydrogens is 260 g/mol. The topological polar surface area (TPSA) is 58.2 Å². The molecule has 0 bridgehead atoms. The Morgan fingerprint density at radius 1 is 1.05 bits per heavy atom. The highest BCUT2D eigenvalue weighted by Gasteiger charge is 2.03. The summed E-state index contributed by atoms with van der Waals surface area (Å²) >= 11 is 0. The van der Waals surface area contributed by atoms with E-state index in [2.05, 4.69) is 42.9 Å². The number of hydrogen-bond acceptors (Lipinski definition) is 3. The molecule has 0 aromatic heterocycles. The molecule has 1 aromatic carbocycles. The van der Waals surface area contributed by atoms with Gasteiger partial charge in [-0.1, -0.05) is 17.7 Å². The van der Waals surface area contributed by atoms with Crippen LogP contribution >= 0.6 is 0 Å². The van der Waals surface area contributed by atoms with Crippen molar-refractivity contribution in [1.29, 1.82) is 0 Å². The van der Waals surface area contributed by atoms with Crippen LogP contribution in [0.5, 0.6) is 0 Å². The van der Waals surface area contributed by atoms with Gasteiger partial charge in [-0.2, -0.15) is 0 Å². The van der Waals surface area contributed by atoms with Gasteiger partial charge >= 0.3 is 0 Å². The summed E-state index contributed by atoms with van der Waals surface area (Å²) in [5.74, 6) is 0. The van der Waals surface area contributed by atoms with Gasteiger partial charge in [-0.05, 0) is 50.4 Å². The van der Waals surface area contributed by atoms with Crippen LogP contribution in [0.1, 0.15) is 28.7 Å². The van der Waals surface area contributed by atoms with Gasteiger partial charge in [0.25, 0.3) is 0 Å². The lowest BCUT2D eigenvalue weighted by atomic mass is 10.00. The Bertz CT molecular complexity index is 501. The summed E-state index contributed by atoms with van der Waals surface area (Å²) in [6, 6.07) is 4.38.